The molecule has 2 aromatic rings. The molecule has 0 saturated carbocycles. The number of halogens is 3. The molecule has 0 atom stereocenters. The fourth-order valence-corrected chi connectivity index (χ4v) is 1.61. The predicted octanol–water partition coefficient (Wildman–Crippen LogP) is 3.93. The molecule has 1 aromatic carbocycles. The van der Waals surface area contributed by atoms with E-state index in [2.05, 4.69) is 21.2 Å². The summed E-state index contributed by atoms with van der Waals surface area (Å²) < 4.78 is 32.0. The maximum absolute atomic E-state index is 13.3. The molecule has 0 spiro atoms. The van der Waals surface area contributed by atoms with Gasteiger partial charge in [0.25, 0.3) is 0 Å². The number of hydrogen-bond acceptors (Lipinski definition) is 2. The number of nitrogens with one attached hydrogen (secondary N) is 1. The summed E-state index contributed by atoms with van der Waals surface area (Å²) in [5.74, 6) is -1.13. The van der Waals surface area contributed by atoms with Gasteiger partial charge >= 0.3 is 0 Å². The van der Waals surface area contributed by atoms with Crippen LogP contribution in [0.3, 0.4) is 0 Å². The third-order valence-corrected chi connectivity index (χ3v) is 2.79. The average Bonchev–Trinajstić information content (AvgIpc) is 2.67. The first kappa shape index (κ1) is 11.1. The van der Waals surface area contributed by atoms with Gasteiger partial charge in [-0.15, -0.1) is 0 Å². The minimum atomic E-state index is -0.884. The Morgan fingerprint density at radius 1 is 1.25 bits per heavy atom. The Hall–Kier alpha value is -1.36. The van der Waals surface area contributed by atoms with Crippen molar-refractivity contribution in [3.05, 3.63) is 52.4 Å². The van der Waals surface area contributed by atoms with E-state index in [9.17, 15) is 8.78 Å². The van der Waals surface area contributed by atoms with Crippen LogP contribution in [0.25, 0.3) is 0 Å². The summed E-state index contributed by atoms with van der Waals surface area (Å²) in [6.45, 7) is 0.286. The van der Waals surface area contributed by atoms with Gasteiger partial charge in [-0.1, -0.05) is 6.07 Å². The van der Waals surface area contributed by atoms with Crippen molar-refractivity contribution in [2.45, 2.75) is 6.54 Å². The number of anilines is 1. The van der Waals surface area contributed by atoms with Crippen molar-refractivity contribution in [3.63, 3.8) is 0 Å². The lowest BCUT2D eigenvalue weighted by Gasteiger charge is -2.06. The molecule has 84 valence electrons. The topological polar surface area (TPSA) is 25.2 Å². The molecule has 0 aliphatic rings. The highest BCUT2D eigenvalue weighted by atomic mass is 79.9. The van der Waals surface area contributed by atoms with Gasteiger partial charge in [-0.2, -0.15) is 0 Å². The van der Waals surface area contributed by atoms with Gasteiger partial charge < -0.3 is 9.73 Å². The maximum Gasteiger partial charge on any atom is 0.181 e. The van der Waals surface area contributed by atoms with Crippen LogP contribution in [-0.2, 0) is 6.54 Å². The molecule has 0 unspecified atom stereocenters. The largest absolute Gasteiger partial charge is 0.466 e. The Labute approximate surface area is 99.4 Å². The van der Waals surface area contributed by atoms with Crippen LogP contribution in [0.5, 0.6) is 0 Å². The molecule has 0 radical (unpaired) electrons. The SMILES string of the molecule is Fc1cccc(NCc2occc2Br)c1F. The molecule has 0 bridgehead atoms. The fraction of sp³-hybridized carbons (Fsp3) is 0.0909. The van der Waals surface area contributed by atoms with Gasteiger partial charge in [-0.25, -0.2) is 8.78 Å². The first-order chi connectivity index (χ1) is 7.68. The van der Waals surface area contributed by atoms with E-state index < -0.39 is 11.6 Å². The van der Waals surface area contributed by atoms with Crippen LogP contribution in [0, 0.1) is 11.6 Å². The van der Waals surface area contributed by atoms with Gasteiger partial charge in [0, 0.05) is 0 Å². The minimum Gasteiger partial charge on any atom is -0.466 e. The lowest BCUT2D eigenvalue weighted by Crippen LogP contribution is -2.02. The van der Waals surface area contributed by atoms with Gasteiger partial charge in [0.15, 0.2) is 11.6 Å². The Kier molecular flexibility index (Phi) is 3.24. The second-order valence-corrected chi connectivity index (χ2v) is 4.00. The Bertz CT molecular complexity index is 498. The first-order valence-electron chi connectivity index (χ1n) is 4.58. The smallest absolute Gasteiger partial charge is 0.181 e. The summed E-state index contributed by atoms with van der Waals surface area (Å²) in [5, 5.41) is 2.76. The molecular weight excluding hydrogens is 280 g/mol. The standard InChI is InChI=1S/C11H8BrF2NO/c12-7-4-5-16-10(7)6-15-9-3-1-2-8(13)11(9)14/h1-5,15H,6H2. The highest BCUT2D eigenvalue weighted by Gasteiger charge is 2.08. The van der Waals surface area contributed by atoms with Crippen LogP contribution in [0.15, 0.2) is 39.4 Å². The van der Waals surface area contributed by atoms with Gasteiger partial charge in [-0.3, -0.25) is 0 Å². The van der Waals surface area contributed by atoms with Gasteiger partial charge in [-0.05, 0) is 34.1 Å². The van der Waals surface area contributed by atoms with Crippen LogP contribution in [0.1, 0.15) is 5.76 Å². The van der Waals surface area contributed by atoms with E-state index in [4.69, 9.17) is 4.42 Å². The van der Waals surface area contributed by atoms with Crippen LogP contribution in [0.2, 0.25) is 0 Å². The van der Waals surface area contributed by atoms with Crippen molar-refractivity contribution in [3.8, 4) is 0 Å². The molecule has 16 heavy (non-hydrogen) atoms. The van der Waals surface area contributed by atoms with Gasteiger partial charge in [0.1, 0.15) is 5.76 Å². The fourth-order valence-electron chi connectivity index (χ4n) is 1.27. The van der Waals surface area contributed by atoms with E-state index in [1.807, 2.05) is 0 Å². The molecule has 5 heteroatoms. The average molecular weight is 288 g/mol. The summed E-state index contributed by atoms with van der Waals surface area (Å²) in [7, 11) is 0. The third-order valence-electron chi connectivity index (χ3n) is 2.08. The molecule has 1 aromatic heterocycles. The Morgan fingerprint density at radius 2 is 2.06 bits per heavy atom. The summed E-state index contributed by atoms with van der Waals surface area (Å²) in [6.07, 6.45) is 1.52. The molecular formula is C11H8BrF2NO. The normalized spacial score (nSPS) is 10.4. The summed E-state index contributed by atoms with van der Waals surface area (Å²) in [6, 6.07) is 5.72. The number of hydrogen-bond donors (Lipinski definition) is 1. The monoisotopic (exact) mass is 287 g/mol. The van der Waals surface area contributed by atoms with Crippen molar-refractivity contribution >= 4 is 21.6 Å². The van der Waals surface area contributed by atoms with Crippen LogP contribution in [-0.4, -0.2) is 0 Å². The molecule has 2 rings (SSSR count). The zero-order chi connectivity index (χ0) is 11.5. The second kappa shape index (κ2) is 4.65. The Morgan fingerprint density at radius 3 is 2.75 bits per heavy atom. The zero-order valence-electron chi connectivity index (χ0n) is 8.14. The summed E-state index contributed by atoms with van der Waals surface area (Å²) in [4.78, 5) is 0. The second-order valence-electron chi connectivity index (χ2n) is 3.15. The zero-order valence-corrected chi connectivity index (χ0v) is 9.72. The van der Waals surface area contributed by atoms with Crippen LogP contribution < -0.4 is 5.32 Å². The molecule has 0 saturated heterocycles. The quantitative estimate of drug-likeness (QED) is 0.925. The van der Waals surface area contributed by atoms with Crippen molar-refractivity contribution in [1.82, 2.24) is 0 Å². The molecule has 1 N–H and O–H groups in total. The minimum absolute atomic E-state index is 0.114. The molecule has 0 aliphatic heterocycles. The van der Waals surface area contributed by atoms with E-state index in [-0.39, 0.29) is 12.2 Å². The molecule has 0 amide bonds. The van der Waals surface area contributed by atoms with Crippen LogP contribution in [0.4, 0.5) is 14.5 Å². The van der Waals surface area contributed by atoms with Gasteiger partial charge in [0.2, 0.25) is 0 Å². The lowest BCUT2D eigenvalue weighted by atomic mass is 10.3. The van der Waals surface area contributed by atoms with Crippen molar-refractivity contribution in [2.24, 2.45) is 0 Å². The lowest BCUT2D eigenvalue weighted by molar-refractivity contribution is 0.504. The summed E-state index contributed by atoms with van der Waals surface area (Å²) >= 11 is 3.27. The molecule has 0 fully saturated rings. The molecule has 2 nitrogen and oxygen atoms in total. The molecule has 1 heterocycles. The van der Waals surface area contributed by atoms with E-state index in [1.165, 1.54) is 18.4 Å². The van der Waals surface area contributed by atoms with E-state index in [1.54, 1.807) is 6.07 Å². The van der Waals surface area contributed by atoms with E-state index >= 15 is 0 Å². The number of rotatable bonds is 3. The van der Waals surface area contributed by atoms with E-state index in [0.29, 0.717) is 5.76 Å². The number of benzene rings is 1. The van der Waals surface area contributed by atoms with Crippen molar-refractivity contribution in [1.29, 1.82) is 0 Å². The van der Waals surface area contributed by atoms with Crippen molar-refractivity contribution < 1.29 is 13.2 Å². The molecule has 0 aliphatic carbocycles. The third kappa shape index (κ3) is 2.24. The Balaban J connectivity index is 2.11. The summed E-state index contributed by atoms with van der Waals surface area (Å²) in [5.41, 5.74) is 0.114. The number of furan rings is 1. The van der Waals surface area contributed by atoms with Gasteiger partial charge in [0.05, 0.1) is 23.0 Å². The highest BCUT2D eigenvalue weighted by molar-refractivity contribution is 9.10. The maximum atomic E-state index is 13.3. The predicted molar refractivity (Wildman–Crippen MR) is 60.1 cm³/mol. The highest BCUT2D eigenvalue weighted by Crippen LogP contribution is 2.21. The van der Waals surface area contributed by atoms with Crippen LogP contribution >= 0.6 is 15.9 Å². The first-order valence-corrected chi connectivity index (χ1v) is 5.37. The van der Waals surface area contributed by atoms with Crippen molar-refractivity contribution in [2.75, 3.05) is 5.32 Å². The van der Waals surface area contributed by atoms with E-state index in [0.717, 1.165) is 10.5 Å².